The summed E-state index contributed by atoms with van der Waals surface area (Å²) in [6.45, 7) is 0.312. The molecule has 0 aliphatic carbocycles. The molecule has 0 radical (unpaired) electrons. The number of anilines is 1. The van der Waals surface area contributed by atoms with Gasteiger partial charge in [0.05, 0.1) is 17.8 Å². The monoisotopic (exact) mass is 361 g/mol. The number of ether oxygens (including phenoxy) is 2. The van der Waals surface area contributed by atoms with Crippen molar-refractivity contribution in [3.63, 3.8) is 0 Å². The van der Waals surface area contributed by atoms with Gasteiger partial charge in [-0.1, -0.05) is 11.6 Å². The fourth-order valence-corrected chi connectivity index (χ4v) is 3.20. The minimum atomic E-state index is 0.312. The molecule has 4 N–H and O–H groups in total. The summed E-state index contributed by atoms with van der Waals surface area (Å²) in [5.41, 5.74) is 13.9. The molecule has 0 unspecified atom stereocenters. The van der Waals surface area contributed by atoms with Gasteiger partial charge in [0.2, 0.25) is 0 Å². The first-order chi connectivity index (χ1) is 11.6. The zero-order chi connectivity index (χ0) is 17.1. The van der Waals surface area contributed by atoms with E-state index in [0.717, 1.165) is 22.6 Å². The van der Waals surface area contributed by atoms with Crippen LogP contribution in [0.15, 0.2) is 41.8 Å². The number of nitrogens with zero attached hydrogens (tertiary/aromatic N) is 1. The van der Waals surface area contributed by atoms with E-state index in [1.165, 1.54) is 11.3 Å². The average Bonchev–Trinajstić information content (AvgIpc) is 3.00. The van der Waals surface area contributed by atoms with Gasteiger partial charge in [0.1, 0.15) is 17.2 Å². The van der Waals surface area contributed by atoms with Crippen LogP contribution in [0, 0.1) is 0 Å². The van der Waals surface area contributed by atoms with Crippen LogP contribution in [-0.2, 0) is 6.54 Å². The molecular formula is C17H16ClN3O2S. The Kier molecular flexibility index (Phi) is 4.89. The lowest BCUT2D eigenvalue weighted by Gasteiger charge is -2.12. The highest BCUT2D eigenvalue weighted by atomic mass is 35.5. The second kappa shape index (κ2) is 7.09. The van der Waals surface area contributed by atoms with E-state index in [4.69, 9.17) is 32.5 Å². The molecular weight excluding hydrogens is 346 g/mol. The first-order valence-corrected chi connectivity index (χ1v) is 8.42. The fourth-order valence-electron chi connectivity index (χ4n) is 2.33. The van der Waals surface area contributed by atoms with Gasteiger partial charge in [-0.25, -0.2) is 4.98 Å². The SMILES string of the molecule is COc1ccc(Oc2cc(Cl)c(-c3csc(N)n3)c(CN)c2)cc1. The Labute approximate surface area is 148 Å². The van der Waals surface area contributed by atoms with Crippen molar-refractivity contribution in [2.24, 2.45) is 5.73 Å². The van der Waals surface area contributed by atoms with Crippen LogP contribution in [0.4, 0.5) is 5.13 Å². The molecule has 0 saturated carbocycles. The molecule has 0 fully saturated rings. The van der Waals surface area contributed by atoms with Gasteiger partial charge in [-0.2, -0.15) is 0 Å². The Morgan fingerprint density at radius 2 is 1.83 bits per heavy atom. The summed E-state index contributed by atoms with van der Waals surface area (Å²) in [5.74, 6) is 2.05. The summed E-state index contributed by atoms with van der Waals surface area (Å²) < 4.78 is 11.0. The van der Waals surface area contributed by atoms with Gasteiger partial charge < -0.3 is 20.9 Å². The zero-order valence-electron chi connectivity index (χ0n) is 13.0. The highest BCUT2D eigenvalue weighted by Crippen LogP contribution is 2.37. The van der Waals surface area contributed by atoms with Gasteiger partial charge in [0.25, 0.3) is 0 Å². The van der Waals surface area contributed by atoms with Crippen LogP contribution in [0.1, 0.15) is 5.56 Å². The number of nitrogen functional groups attached to an aromatic ring is 1. The van der Waals surface area contributed by atoms with Gasteiger partial charge in [-0.15, -0.1) is 11.3 Å². The van der Waals surface area contributed by atoms with Crippen molar-refractivity contribution in [2.75, 3.05) is 12.8 Å². The molecule has 0 atom stereocenters. The number of benzene rings is 2. The zero-order valence-corrected chi connectivity index (χ0v) is 14.5. The van der Waals surface area contributed by atoms with Crippen molar-refractivity contribution in [3.05, 3.63) is 52.4 Å². The normalized spacial score (nSPS) is 10.6. The van der Waals surface area contributed by atoms with Crippen LogP contribution in [0.25, 0.3) is 11.3 Å². The Balaban J connectivity index is 1.94. The molecule has 0 bridgehead atoms. The average molecular weight is 362 g/mol. The summed E-state index contributed by atoms with van der Waals surface area (Å²) in [6, 6.07) is 10.9. The molecule has 124 valence electrons. The minimum Gasteiger partial charge on any atom is -0.497 e. The molecule has 3 aromatic rings. The molecule has 0 spiro atoms. The second-order valence-corrected chi connectivity index (χ2v) is 6.29. The molecule has 1 aromatic heterocycles. The van der Waals surface area contributed by atoms with E-state index in [2.05, 4.69) is 4.98 Å². The lowest BCUT2D eigenvalue weighted by Crippen LogP contribution is -2.01. The molecule has 0 aliphatic heterocycles. The molecule has 0 amide bonds. The smallest absolute Gasteiger partial charge is 0.180 e. The standard InChI is InChI=1S/C17H16ClN3O2S/c1-22-11-2-4-12(5-3-11)23-13-6-10(8-19)16(14(18)7-13)15-9-24-17(20)21-15/h2-7,9H,8,19H2,1H3,(H2,20,21). The number of methoxy groups -OCH3 is 1. The van der Waals surface area contributed by atoms with Gasteiger partial charge in [-0.05, 0) is 35.9 Å². The maximum absolute atomic E-state index is 6.44. The number of nitrogens with two attached hydrogens (primary N) is 2. The Hall–Kier alpha value is -2.28. The summed E-state index contributed by atoms with van der Waals surface area (Å²) in [4.78, 5) is 4.28. The van der Waals surface area contributed by atoms with Crippen LogP contribution in [0.3, 0.4) is 0 Å². The maximum Gasteiger partial charge on any atom is 0.180 e. The summed E-state index contributed by atoms with van der Waals surface area (Å²) in [7, 11) is 1.62. The van der Waals surface area contributed by atoms with E-state index in [9.17, 15) is 0 Å². The van der Waals surface area contributed by atoms with E-state index in [-0.39, 0.29) is 0 Å². The van der Waals surface area contributed by atoms with E-state index >= 15 is 0 Å². The number of rotatable bonds is 5. The van der Waals surface area contributed by atoms with Crippen molar-refractivity contribution in [3.8, 4) is 28.5 Å². The van der Waals surface area contributed by atoms with Gasteiger partial charge >= 0.3 is 0 Å². The largest absolute Gasteiger partial charge is 0.497 e. The lowest BCUT2D eigenvalue weighted by atomic mass is 10.0. The van der Waals surface area contributed by atoms with Crippen molar-refractivity contribution in [1.29, 1.82) is 0 Å². The Bertz CT molecular complexity index is 850. The van der Waals surface area contributed by atoms with Crippen molar-refractivity contribution >= 4 is 28.1 Å². The van der Waals surface area contributed by atoms with E-state index < -0.39 is 0 Å². The van der Waals surface area contributed by atoms with Crippen LogP contribution in [0.5, 0.6) is 17.2 Å². The van der Waals surface area contributed by atoms with Gasteiger partial charge in [0.15, 0.2) is 5.13 Å². The molecule has 2 aromatic carbocycles. The Morgan fingerprint density at radius 3 is 2.42 bits per heavy atom. The second-order valence-electron chi connectivity index (χ2n) is 4.99. The number of hydrogen-bond donors (Lipinski definition) is 2. The van der Waals surface area contributed by atoms with Crippen LogP contribution in [-0.4, -0.2) is 12.1 Å². The van der Waals surface area contributed by atoms with Crippen LogP contribution in [0.2, 0.25) is 5.02 Å². The maximum atomic E-state index is 6.44. The van der Waals surface area contributed by atoms with E-state index in [1.54, 1.807) is 13.2 Å². The number of hydrogen-bond acceptors (Lipinski definition) is 6. The molecule has 7 heteroatoms. The van der Waals surface area contributed by atoms with Crippen LogP contribution < -0.4 is 20.9 Å². The highest BCUT2D eigenvalue weighted by molar-refractivity contribution is 7.13. The predicted molar refractivity (Wildman–Crippen MR) is 97.9 cm³/mol. The number of aromatic nitrogens is 1. The predicted octanol–water partition coefficient (Wildman–Crippen LogP) is 4.31. The van der Waals surface area contributed by atoms with Crippen LogP contribution >= 0.6 is 22.9 Å². The third-order valence-corrected chi connectivity index (χ3v) is 4.41. The minimum absolute atomic E-state index is 0.312. The quantitative estimate of drug-likeness (QED) is 0.707. The summed E-state index contributed by atoms with van der Waals surface area (Å²) in [6.07, 6.45) is 0. The third-order valence-electron chi connectivity index (χ3n) is 3.44. The first kappa shape index (κ1) is 16.6. The molecule has 24 heavy (non-hydrogen) atoms. The first-order valence-electron chi connectivity index (χ1n) is 7.16. The highest BCUT2D eigenvalue weighted by Gasteiger charge is 2.14. The molecule has 3 rings (SSSR count). The lowest BCUT2D eigenvalue weighted by molar-refractivity contribution is 0.413. The molecule has 1 heterocycles. The molecule has 0 saturated heterocycles. The fraction of sp³-hybridized carbons (Fsp3) is 0.118. The topological polar surface area (TPSA) is 83.4 Å². The van der Waals surface area contributed by atoms with Crippen molar-refractivity contribution in [2.45, 2.75) is 6.54 Å². The van der Waals surface area contributed by atoms with Crippen molar-refractivity contribution < 1.29 is 9.47 Å². The van der Waals surface area contributed by atoms with E-state index in [0.29, 0.717) is 28.2 Å². The van der Waals surface area contributed by atoms with Crippen molar-refractivity contribution in [1.82, 2.24) is 4.98 Å². The van der Waals surface area contributed by atoms with E-state index in [1.807, 2.05) is 35.7 Å². The third kappa shape index (κ3) is 3.46. The van der Waals surface area contributed by atoms with Gasteiger partial charge in [0, 0.05) is 23.6 Å². The summed E-state index contributed by atoms with van der Waals surface area (Å²) >= 11 is 7.80. The number of thiazole rings is 1. The molecule has 0 aliphatic rings. The summed E-state index contributed by atoms with van der Waals surface area (Å²) in [5, 5.41) is 2.87. The Morgan fingerprint density at radius 1 is 1.12 bits per heavy atom. The molecule has 5 nitrogen and oxygen atoms in total. The van der Waals surface area contributed by atoms with Gasteiger partial charge in [-0.3, -0.25) is 0 Å². The number of halogens is 1.